The normalized spacial score (nSPS) is 14.4. The van der Waals surface area contributed by atoms with Crippen LogP contribution in [0.15, 0.2) is 79.0 Å². The van der Waals surface area contributed by atoms with Crippen LogP contribution in [0.2, 0.25) is 0 Å². The van der Waals surface area contributed by atoms with E-state index >= 15 is 0 Å². The van der Waals surface area contributed by atoms with Crippen molar-refractivity contribution in [3.63, 3.8) is 0 Å². The fourth-order valence-corrected chi connectivity index (χ4v) is 5.70. The molecule has 44 heavy (non-hydrogen) atoms. The third-order valence-corrected chi connectivity index (χ3v) is 8.10. The standard InChI is InChI=1S/C34H32F3N5O2/c1-42(25-10-3-2-4-11-25)33-39-21-28(27-13-7-8-14-29(27)34(35,36)37)31(41-33)40-30(32(43)44)19-22-15-17-23(18-16-22)26-12-6-5-9-24(26)20-38/h5-9,12-18,21,25,30H,2-4,10-11,19H2,1H3,(H,43,44)(H,39,40,41)/t30-/m0/s1. The van der Waals surface area contributed by atoms with Crippen molar-refractivity contribution in [1.29, 1.82) is 5.26 Å². The highest BCUT2D eigenvalue weighted by Crippen LogP contribution is 2.39. The second kappa shape index (κ2) is 13.2. The van der Waals surface area contributed by atoms with Crippen LogP contribution in [-0.2, 0) is 17.4 Å². The lowest BCUT2D eigenvalue weighted by Crippen LogP contribution is -2.35. The van der Waals surface area contributed by atoms with Gasteiger partial charge in [-0.25, -0.2) is 9.78 Å². The Kier molecular flexibility index (Phi) is 9.14. The van der Waals surface area contributed by atoms with Gasteiger partial charge in [0.05, 0.1) is 17.2 Å². The van der Waals surface area contributed by atoms with Crippen LogP contribution in [0, 0.1) is 11.3 Å². The molecule has 0 unspecified atom stereocenters. The van der Waals surface area contributed by atoms with E-state index in [4.69, 9.17) is 0 Å². The number of hydrogen-bond donors (Lipinski definition) is 2. The highest BCUT2D eigenvalue weighted by Gasteiger charge is 2.35. The van der Waals surface area contributed by atoms with Crippen LogP contribution >= 0.6 is 0 Å². The molecular weight excluding hydrogens is 567 g/mol. The zero-order valence-corrected chi connectivity index (χ0v) is 24.2. The quantitative estimate of drug-likeness (QED) is 0.205. The van der Waals surface area contributed by atoms with Crippen LogP contribution in [0.4, 0.5) is 24.9 Å². The molecule has 10 heteroatoms. The lowest BCUT2D eigenvalue weighted by molar-refractivity contribution is -0.138. The topological polar surface area (TPSA) is 102 Å². The van der Waals surface area contributed by atoms with Gasteiger partial charge in [-0.2, -0.15) is 23.4 Å². The molecule has 1 aliphatic carbocycles. The largest absolute Gasteiger partial charge is 0.480 e. The Hall–Kier alpha value is -4.91. The van der Waals surface area contributed by atoms with E-state index < -0.39 is 23.8 Å². The number of halogens is 3. The van der Waals surface area contributed by atoms with Crippen molar-refractivity contribution in [3.05, 3.63) is 95.7 Å². The predicted molar refractivity (Wildman–Crippen MR) is 163 cm³/mol. The van der Waals surface area contributed by atoms with E-state index in [-0.39, 0.29) is 29.4 Å². The molecule has 1 fully saturated rings. The highest BCUT2D eigenvalue weighted by atomic mass is 19.4. The third kappa shape index (κ3) is 6.83. The maximum Gasteiger partial charge on any atom is 0.417 e. The van der Waals surface area contributed by atoms with Gasteiger partial charge >= 0.3 is 12.1 Å². The summed E-state index contributed by atoms with van der Waals surface area (Å²) in [7, 11) is 1.86. The zero-order chi connectivity index (χ0) is 31.3. The summed E-state index contributed by atoms with van der Waals surface area (Å²) in [5.74, 6) is -0.849. The summed E-state index contributed by atoms with van der Waals surface area (Å²) in [5.41, 5.74) is 1.84. The average molecular weight is 600 g/mol. The van der Waals surface area contributed by atoms with E-state index in [0.717, 1.165) is 49.3 Å². The van der Waals surface area contributed by atoms with Gasteiger partial charge in [-0.15, -0.1) is 0 Å². The summed E-state index contributed by atoms with van der Waals surface area (Å²) in [6.45, 7) is 0. The van der Waals surface area contributed by atoms with E-state index in [1.165, 1.54) is 24.4 Å². The van der Waals surface area contributed by atoms with Crippen LogP contribution in [0.3, 0.4) is 0 Å². The maximum atomic E-state index is 14.0. The molecule has 1 aliphatic rings. The molecule has 4 aromatic rings. The summed E-state index contributed by atoms with van der Waals surface area (Å²) < 4.78 is 42.0. The van der Waals surface area contributed by atoms with E-state index in [2.05, 4.69) is 21.4 Å². The Balaban J connectivity index is 1.49. The molecule has 0 radical (unpaired) electrons. The number of carbonyl (C=O) groups is 1. The number of nitriles is 1. The first-order valence-electron chi connectivity index (χ1n) is 14.5. The lowest BCUT2D eigenvalue weighted by Gasteiger charge is -2.31. The van der Waals surface area contributed by atoms with Crippen LogP contribution in [0.5, 0.6) is 0 Å². The number of nitrogens with one attached hydrogen (secondary N) is 1. The van der Waals surface area contributed by atoms with Gasteiger partial charge in [0, 0.05) is 31.3 Å². The van der Waals surface area contributed by atoms with E-state index in [1.807, 2.05) is 36.2 Å². The number of rotatable bonds is 9. The zero-order valence-electron chi connectivity index (χ0n) is 24.2. The smallest absolute Gasteiger partial charge is 0.417 e. The molecule has 3 aromatic carbocycles. The monoisotopic (exact) mass is 599 g/mol. The fraction of sp³-hybridized carbons (Fsp3) is 0.294. The van der Waals surface area contributed by atoms with Crippen LogP contribution < -0.4 is 10.2 Å². The van der Waals surface area contributed by atoms with Gasteiger partial charge in [0.25, 0.3) is 0 Å². The Morgan fingerprint density at radius 1 is 1.00 bits per heavy atom. The second-order valence-electron chi connectivity index (χ2n) is 11.0. The summed E-state index contributed by atoms with van der Waals surface area (Å²) >= 11 is 0. The molecule has 1 aromatic heterocycles. The maximum absolute atomic E-state index is 14.0. The van der Waals surface area contributed by atoms with Crippen molar-refractivity contribution >= 4 is 17.7 Å². The van der Waals surface area contributed by atoms with Crippen molar-refractivity contribution in [1.82, 2.24) is 9.97 Å². The Morgan fingerprint density at radius 3 is 2.32 bits per heavy atom. The number of carboxylic acid groups (broad SMARTS) is 1. The Bertz CT molecular complexity index is 1660. The Morgan fingerprint density at radius 2 is 1.66 bits per heavy atom. The first-order chi connectivity index (χ1) is 21.2. The number of benzene rings is 3. The van der Waals surface area contributed by atoms with E-state index in [0.29, 0.717) is 17.1 Å². The molecule has 226 valence electrons. The van der Waals surface area contributed by atoms with Gasteiger partial charge in [-0.1, -0.05) is 79.9 Å². The summed E-state index contributed by atoms with van der Waals surface area (Å²) in [6.07, 6.45) is 1.93. The second-order valence-corrected chi connectivity index (χ2v) is 11.0. The van der Waals surface area contributed by atoms with Crippen LogP contribution in [0.1, 0.15) is 48.8 Å². The van der Waals surface area contributed by atoms with Crippen LogP contribution in [0.25, 0.3) is 22.3 Å². The summed E-state index contributed by atoms with van der Waals surface area (Å²) in [6, 6.07) is 20.7. The first kappa shape index (κ1) is 30.5. The lowest BCUT2D eigenvalue weighted by atomic mass is 9.95. The first-order valence-corrected chi connectivity index (χ1v) is 14.5. The molecule has 1 atom stereocenters. The number of aliphatic carboxylic acids is 1. The highest BCUT2D eigenvalue weighted by molar-refractivity contribution is 5.83. The van der Waals surface area contributed by atoms with Crippen molar-refractivity contribution in [2.75, 3.05) is 17.3 Å². The van der Waals surface area contributed by atoms with Crippen molar-refractivity contribution in [3.8, 4) is 28.3 Å². The average Bonchev–Trinajstić information content (AvgIpc) is 3.04. The number of carboxylic acids is 1. The van der Waals surface area contributed by atoms with Gasteiger partial charge in [0.1, 0.15) is 11.9 Å². The molecule has 0 aliphatic heterocycles. The van der Waals surface area contributed by atoms with E-state index in [1.54, 1.807) is 24.3 Å². The predicted octanol–water partition coefficient (Wildman–Crippen LogP) is 7.58. The van der Waals surface area contributed by atoms with Gasteiger partial charge in [-0.3, -0.25) is 0 Å². The molecule has 0 amide bonds. The number of aromatic nitrogens is 2. The molecule has 0 bridgehead atoms. The minimum atomic E-state index is -4.64. The number of nitrogens with zero attached hydrogens (tertiary/aromatic N) is 4. The van der Waals surface area contributed by atoms with Gasteiger partial charge in [0.15, 0.2) is 0 Å². The number of anilines is 2. The van der Waals surface area contributed by atoms with Gasteiger partial charge in [-0.05, 0) is 47.2 Å². The van der Waals surface area contributed by atoms with Crippen molar-refractivity contribution < 1.29 is 23.1 Å². The summed E-state index contributed by atoms with van der Waals surface area (Å²) in [4.78, 5) is 23.5. The molecule has 0 saturated heterocycles. The Labute approximate surface area is 254 Å². The minimum Gasteiger partial charge on any atom is -0.480 e. The summed E-state index contributed by atoms with van der Waals surface area (Å²) in [5, 5.41) is 22.6. The SMILES string of the molecule is CN(c1ncc(-c2ccccc2C(F)(F)F)c(N[C@@H](Cc2ccc(-c3ccccc3C#N)cc2)C(=O)O)n1)C1CCCCC1. The molecule has 1 saturated carbocycles. The van der Waals surface area contributed by atoms with Gasteiger partial charge in [0.2, 0.25) is 5.95 Å². The molecule has 0 spiro atoms. The number of alkyl halides is 3. The fourth-order valence-electron chi connectivity index (χ4n) is 5.70. The van der Waals surface area contributed by atoms with Crippen molar-refractivity contribution in [2.45, 2.75) is 56.8 Å². The molecular formula is C34H32F3N5O2. The molecule has 7 nitrogen and oxygen atoms in total. The van der Waals surface area contributed by atoms with Gasteiger partial charge < -0.3 is 15.3 Å². The van der Waals surface area contributed by atoms with Crippen LogP contribution in [-0.4, -0.2) is 40.2 Å². The molecule has 2 N–H and O–H groups in total. The minimum absolute atomic E-state index is 0.0151. The van der Waals surface area contributed by atoms with E-state index in [9.17, 15) is 28.3 Å². The third-order valence-electron chi connectivity index (χ3n) is 8.10. The molecule has 1 heterocycles. The van der Waals surface area contributed by atoms with Crippen molar-refractivity contribution in [2.24, 2.45) is 0 Å². The number of hydrogen-bond acceptors (Lipinski definition) is 6. The molecule has 5 rings (SSSR count).